The summed E-state index contributed by atoms with van der Waals surface area (Å²) < 4.78 is 52.7. The molecule has 0 aromatic heterocycles. The second-order valence-corrected chi connectivity index (χ2v) is 10.1. The molecule has 1 fully saturated rings. The molecule has 1 aliphatic rings. The number of nitrogens with zero attached hydrogens (tertiary/aromatic N) is 1. The van der Waals surface area contributed by atoms with E-state index < -0.39 is 46.7 Å². The molecular weight excluding hydrogens is 636 g/mol. The van der Waals surface area contributed by atoms with Gasteiger partial charge in [0.25, 0.3) is 11.1 Å². The first-order valence-electron chi connectivity index (χ1n) is 10.9. The highest BCUT2D eigenvalue weighted by Crippen LogP contribution is 2.35. The molecule has 0 atom stereocenters. The molecule has 1 saturated heterocycles. The molecule has 0 saturated carbocycles. The van der Waals surface area contributed by atoms with Gasteiger partial charge >= 0.3 is 0 Å². The zero-order valence-electron chi connectivity index (χ0n) is 19.6. The quantitative estimate of drug-likeness (QED) is 0.183. The highest BCUT2D eigenvalue weighted by molar-refractivity contribution is 14.1. The Labute approximate surface area is 233 Å². The van der Waals surface area contributed by atoms with Gasteiger partial charge in [0.1, 0.15) is 13.2 Å². The third-order valence-electron chi connectivity index (χ3n) is 5.28. The van der Waals surface area contributed by atoms with Crippen LogP contribution in [0.5, 0.6) is 11.5 Å². The summed E-state index contributed by atoms with van der Waals surface area (Å²) in [6.45, 7) is -0.420. The maximum atomic E-state index is 13.8. The molecule has 12 heteroatoms. The summed E-state index contributed by atoms with van der Waals surface area (Å²) in [4.78, 5) is 38.1. The summed E-state index contributed by atoms with van der Waals surface area (Å²) in [5.74, 6) is -5.56. The Morgan fingerprint density at radius 1 is 1.03 bits per heavy atom. The predicted molar refractivity (Wildman–Crippen MR) is 144 cm³/mol. The Balaban J connectivity index is 1.43. The van der Waals surface area contributed by atoms with Crippen molar-refractivity contribution >= 4 is 63.2 Å². The van der Waals surface area contributed by atoms with Crippen LogP contribution in [-0.4, -0.2) is 35.6 Å². The van der Waals surface area contributed by atoms with Crippen LogP contribution in [-0.2, 0) is 16.2 Å². The maximum Gasteiger partial charge on any atom is 0.294 e. The first-order chi connectivity index (χ1) is 18.2. The monoisotopic (exact) mass is 654 g/mol. The summed E-state index contributed by atoms with van der Waals surface area (Å²) >= 11 is 2.84. The molecule has 7 nitrogen and oxygen atoms in total. The number of hydrogen-bond acceptors (Lipinski definition) is 6. The third kappa shape index (κ3) is 6.30. The first-order valence-corrected chi connectivity index (χ1v) is 12.8. The Morgan fingerprint density at radius 3 is 2.47 bits per heavy atom. The number of halogens is 4. The smallest absolute Gasteiger partial charge is 0.294 e. The molecule has 1 N–H and O–H groups in total. The number of benzene rings is 3. The van der Waals surface area contributed by atoms with E-state index >= 15 is 0 Å². The molecule has 1 aliphatic heterocycles. The summed E-state index contributed by atoms with van der Waals surface area (Å²) in [5, 5.41) is 1.32. The molecular formula is C26H18F3IN2O5S. The van der Waals surface area contributed by atoms with Crippen LogP contribution in [0.3, 0.4) is 0 Å². The summed E-state index contributed by atoms with van der Waals surface area (Å²) in [6.07, 6.45) is 1.46. The fraction of sp³-hybridized carbons (Fsp3) is 0.115. The predicted octanol–water partition coefficient (Wildman–Crippen LogP) is 5.97. The van der Waals surface area contributed by atoms with Gasteiger partial charge in [0.05, 0.1) is 17.7 Å². The van der Waals surface area contributed by atoms with Crippen LogP contribution in [0.25, 0.3) is 6.08 Å². The normalized spacial score (nSPS) is 14.2. The van der Waals surface area contributed by atoms with Gasteiger partial charge in [0.15, 0.2) is 29.0 Å². The van der Waals surface area contributed by atoms with E-state index in [0.717, 1.165) is 15.2 Å². The van der Waals surface area contributed by atoms with Crippen molar-refractivity contribution in [3.05, 3.63) is 91.7 Å². The van der Waals surface area contributed by atoms with Gasteiger partial charge in [-0.25, -0.2) is 13.2 Å². The topological polar surface area (TPSA) is 84.9 Å². The lowest BCUT2D eigenvalue weighted by atomic mass is 10.1. The highest BCUT2D eigenvalue weighted by atomic mass is 127. The Bertz CT molecular complexity index is 1450. The fourth-order valence-corrected chi connectivity index (χ4v) is 4.58. The number of hydrogen-bond donors (Lipinski definition) is 1. The molecule has 0 aliphatic carbocycles. The lowest BCUT2D eigenvalue weighted by molar-refractivity contribution is -0.127. The van der Waals surface area contributed by atoms with Crippen molar-refractivity contribution in [2.45, 2.75) is 6.61 Å². The average molecular weight is 654 g/mol. The Morgan fingerprint density at radius 2 is 1.76 bits per heavy atom. The van der Waals surface area contributed by atoms with Gasteiger partial charge in [0, 0.05) is 3.57 Å². The second kappa shape index (κ2) is 11.9. The van der Waals surface area contributed by atoms with Crippen molar-refractivity contribution in [1.29, 1.82) is 0 Å². The SMILES string of the molecule is COc1cc(/C=C2\SC(=O)N(CC(=O)Nc3ccc(F)c(F)c3F)C2=O)ccc1OCc1ccc(I)cc1. The lowest BCUT2D eigenvalue weighted by Gasteiger charge is -2.13. The van der Waals surface area contributed by atoms with E-state index in [1.807, 2.05) is 29.6 Å². The van der Waals surface area contributed by atoms with Gasteiger partial charge in [-0.1, -0.05) is 18.2 Å². The standard InChI is InChI=1S/C26H18F3IN2O5S/c1-36-20-10-15(4-9-19(20)37-13-14-2-5-16(30)6-3-14)11-21-25(34)32(26(35)38-21)12-22(33)31-18-8-7-17(27)23(28)24(18)29/h2-11H,12-13H2,1H3,(H,31,33)/b21-11-. The number of thioether (sulfide) groups is 1. The van der Waals surface area contributed by atoms with Crippen LogP contribution in [0.1, 0.15) is 11.1 Å². The maximum absolute atomic E-state index is 13.8. The number of ether oxygens (including phenoxy) is 2. The molecule has 0 radical (unpaired) electrons. The van der Waals surface area contributed by atoms with Crippen molar-refractivity contribution in [1.82, 2.24) is 4.90 Å². The molecule has 196 valence electrons. The molecule has 0 unspecified atom stereocenters. The van der Waals surface area contributed by atoms with E-state index in [1.54, 1.807) is 18.2 Å². The minimum Gasteiger partial charge on any atom is -0.493 e. The van der Waals surface area contributed by atoms with E-state index in [-0.39, 0.29) is 4.91 Å². The number of amides is 3. The number of nitrogens with one attached hydrogen (secondary N) is 1. The number of carbonyl (C=O) groups is 3. The lowest BCUT2D eigenvalue weighted by Crippen LogP contribution is -2.36. The molecule has 4 rings (SSSR count). The van der Waals surface area contributed by atoms with Crippen LogP contribution in [0, 0.1) is 21.0 Å². The molecule has 0 bridgehead atoms. The van der Waals surface area contributed by atoms with Crippen LogP contribution >= 0.6 is 34.4 Å². The number of carbonyl (C=O) groups excluding carboxylic acids is 3. The number of imide groups is 1. The number of methoxy groups -OCH3 is 1. The van der Waals surface area contributed by atoms with Crippen molar-refractivity contribution < 1.29 is 37.0 Å². The van der Waals surface area contributed by atoms with Crippen LogP contribution in [0.15, 0.2) is 59.5 Å². The fourth-order valence-electron chi connectivity index (χ4n) is 3.38. The van der Waals surface area contributed by atoms with Gasteiger partial charge in [-0.05, 0) is 88.0 Å². The summed E-state index contributed by atoms with van der Waals surface area (Å²) in [7, 11) is 1.47. The third-order valence-corrected chi connectivity index (χ3v) is 6.90. The molecule has 1 heterocycles. The van der Waals surface area contributed by atoms with Gasteiger partial charge in [-0.3, -0.25) is 19.3 Å². The number of anilines is 1. The van der Waals surface area contributed by atoms with E-state index in [9.17, 15) is 27.6 Å². The van der Waals surface area contributed by atoms with Crippen LogP contribution < -0.4 is 14.8 Å². The van der Waals surface area contributed by atoms with Crippen LogP contribution in [0.4, 0.5) is 23.7 Å². The summed E-state index contributed by atoms with van der Waals surface area (Å²) in [6, 6.07) is 14.3. The summed E-state index contributed by atoms with van der Waals surface area (Å²) in [5.41, 5.74) is 0.900. The van der Waals surface area contributed by atoms with Gasteiger partial charge in [-0.15, -0.1) is 0 Å². The van der Waals surface area contributed by atoms with Crippen molar-refractivity contribution in [2.75, 3.05) is 19.0 Å². The number of rotatable bonds is 8. The van der Waals surface area contributed by atoms with Crippen LogP contribution in [0.2, 0.25) is 0 Å². The zero-order valence-corrected chi connectivity index (χ0v) is 22.6. The largest absolute Gasteiger partial charge is 0.493 e. The molecule has 3 aromatic carbocycles. The molecule has 3 amide bonds. The van der Waals surface area contributed by atoms with Gasteiger partial charge in [-0.2, -0.15) is 0 Å². The van der Waals surface area contributed by atoms with Gasteiger partial charge in [0.2, 0.25) is 5.91 Å². The van der Waals surface area contributed by atoms with Crippen molar-refractivity contribution in [3.8, 4) is 11.5 Å². The van der Waals surface area contributed by atoms with E-state index in [2.05, 4.69) is 22.6 Å². The van der Waals surface area contributed by atoms with Crippen molar-refractivity contribution in [3.63, 3.8) is 0 Å². The molecule has 38 heavy (non-hydrogen) atoms. The average Bonchev–Trinajstić information content (AvgIpc) is 3.16. The molecule has 0 spiro atoms. The second-order valence-electron chi connectivity index (χ2n) is 7.86. The van der Waals surface area contributed by atoms with E-state index in [0.29, 0.717) is 46.4 Å². The minimum absolute atomic E-state index is 0.0522. The highest BCUT2D eigenvalue weighted by Gasteiger charge is 2.36. The van der Waals surface area contributed by atoms with E-state index in [4.69, 9.17) is 9.47 Å². The zero-order chi connectivity index (χ0) is 27.4. The Hall–Kier alpha value is -3.52. The Kier molecular flexibility index (Phi) is 8.62. The van der Waals surface area contributed by atoms with E-state index in [1.165, 1.54) is 13.2 Å². The van der Waals surface area contributed by atoms with Gasteiger partial charge < -0.3 is 14.8 Å². The van der Waals surface area contributed by atoms with Crippen molar-refractivity contribution in [2.24, 2.45) is 0 Å². The molecule has 3 aromatic rings. The first kappa shape index (κ1) is 27.5. The minimum atomic E-state index is -1.75.